The van der Waals surface area contributed by atoms with Crippen LogP contribution in [0.25, 0.3) is 0 Å². The van der Waals surface area contributed by atoms with Gasteiger partial charge in [0.1, 0.15) is 0 Å². The van der Waals surface area contributed by atoms with Gasteiger partial charge in [-0.05, 0) is 24.1 Å². The van der Waals surface area contributed by atoms with Gasteiger partial charge in [0.05, 0.1) is 0 Å². The summed E-state index contributed by atoms with van der Waals surface area (Å²) >= 11 is 0. The Labute approximate surface area is 90.9 Å². The van der Waals surface area contributed by atoms with Crippen LogP contribution in [0.15, 0.2) is 24.3 Å². The van der Waals surface area contributed by atoms with Crippen LogP contribution in [0.3, 0.4) is 0 Å². The highest BCUT2D eigenvalue weighted by Gasteiger charge is 2.02. The lowest BCUT2D eigenvalue weighted by molar-refractivity contribution is -0.117. The summed E-state index contributed by atoms with van der Waals surface area (Å²) in [5.74, 6) is -0.257. The topological polar surface area (TPSA) is 46.3 Å². The van der Waals surface area contributed by atoms with Crippen molar-refractivity contribution in [2.45, 2.75) is 19.8 Å². The minimum Gasteiger partial charge on any atom is -0.374 e. The zero-order valence-corrected chi connectivity index (χ0v) is 9.36. The van der Waals surface area contributed by atoms with Crippen molar-refractivity contribution < 1.29 is 4.79 Å². The van der Waals surface area contributed by atoms with Crippen LogP contribution in [0.5, 0.6) is 0 Å². The Morgan fingerprint density at radius 3 is 2.40 bits per heavy atom. The third-order valence-corrected chi connectivity index (χ3v) is 2.48. The summed E-state index contributed by atoms with van der Waals surface area (Å²) in [4.78, 5) is 12.7. The number of carbonyl (C=O) groups excluding carboxylic acids is 1. The van der Waals surface area contributed by atoms with Gasteiger partial charge < -0.3 is 10.6 Å². The third kappa shape index (κ3) is 3.62. The number of hydrogen-bond acceptors (Lipinski definition) is 2. The predicted octanol–water partition coefficient (Wildman–Crippen LogP) is 1.56. The summed E-state index contributed by atoms with van der Waals surface area (Å²) < 4.78 is 0. The second kappa shape index (κ2) is 5.39. The molecule has 1 aromatic rings. The summed E-state index contributed by atoms with van der Waals surface area (Å²) in [5.41, 5.74) is 7.54. The smallest absolute Gasteiger partial charge is 0.219 e. The van der Waals surface area contributed by atoms with E-state index >= 15 is 0 Å². The van der Waals surface area contributed by atoms with Crippen molar-refractivity contribution in [3.63, 3.8) is 0 Å². The molecule has 1 amide bonds. The summed E-state index contributed by atoms with van der Waals surface area (Å²) in [7, 11) is 1.96. The molecular weight excluding hydrogens is 188 g/mol. The Morgan fingerprint density at radius 2 is 1.93 bits per heavy atom. The number of nitrogens with two attached hydrogens (primary N) is 1. The standard InChI is InChI=1S/C12H18N2O/c1-3-10-4-6-11(7-5-10)14(2)9-8-12(13)15/h4-7H,3,8-9H2,1-2H3,(H2,13,15). The zero-order chi connectivity index (χ0) is 11.3. The van der Waals surface area contributed by atoms with Gasteiger partial charge in [-0.3, -0.25) is 4.79 Å². The van der Waals surface area contributed by atoms with Gasteiger partial charge in [0.15, 0.2) is 0 Å². The van der Waals surface area contributed by atoms with E-state index < -0.39 is 0 Å². The molecule has 0 spiro atoms. The summed E-state index contributed by atoms with van der Waals surface area (Å²) in [6.45, 7) is 2.80. The predicted molar refractivity (Wildman–Crippen MR) is 62.9 cm³/mol. The third-order valence-electron chi connectivity index (χ3n) is 2.48. The van der Waals surface area contributed by atoms with Gasteiger partial charge in [0.25, 0.3) is 0 Å². The molecule has 82 valence electrons. The van der Waals surface area contributed by atoms with E-state index in [0.29, 0.717) is 13.0 Å². The number of hydrogen-bond donors (Lipinski definition) is 1. The van der Waals surface area contributed by atoms with Gasteiger partial charge in [-0.1, -0.05) is 19.1 Å². The second-order valence-corrected chi connectivity index (χ2v) is 3.66. The van der Waals surface area contributed by atoms with E-state index in [2.05, 4.69) is 31.2 Å². The van der Waals surface area contributed by atoms with Crippen LogP contribution < -0.4 is 10.6 Å². The number of anilines is 1. The highest BCUT2D eigenvalue weighted by atomic mass is 16.1. The lowest BCUT2D eigenvalue weighted by atomic mass is 10.1. The van der Waals surface area contributed by atoms with Gasteiger partial charge in [-0.25, -0.2) is 0 Å². The second-order valence-electron chi connectivity index (χ2n) is 3.66. The van der Waals surface area contributed by atoms with Crippen molar-refractivity contribution >= 4 is 11.6 Å². The molecule has 0 saturated carbocycles. The molecule has 0 aromatic heterocycles. The summed E-state index contributed by atoms with van der Waals surface area (Å²) in [6.07, 6.45) is 1.44. The molecule has 0 atom stereocenters. The molecule has 0 heterocycles. The van der Waals surface area contributed by atoms with E-state index in [1.807, 2.05) is 11.9 Å². The van der Waals surface area contributed by atoms with Gasteiger partial charge in [0.2, 0.25) is 5.91 Å². The summed E-state index contributed by atoms with van der Waals surface area (Å²) in [5, 5.41) is 0. The number of benzene rings is 1. The maximum Gasteiger partial charge on any atom is 0.219 e. The Bertz CT molecular complexity index is 319. The van der Waals surface area contributed by atoms with Crippen molar-refractivity contribution in [1.29, 1.82) is 0 Å². The molecule has 1 aromatic carbocycles. The SMILES string of the molecule is CCc1ccc(N(C)CCC(N)=O)cc1. The van der Waals surface area contributed by atoms with Crippen molar-refractivity contribution in [2.24, 2.45) is 5.73 Å². The van der Waals surface area contributed by atoms with E-state index in [4.69, 9.17) is 5.73 Å². The monoisotopic (exact) mass is 206 g/mol. The fourth-order valence-corrected chi connectivity index (χ4v) is 1.39. The molecule has 0 aliphatic heterocycles. The van der Waals surface area contributed by atoms with Gasteiger partial charge in [-0.2, -0.15) is 0 Å². The van der Waals surface area contributed by atoms with E-state index in [-0.39, 0.29) is 5.91 Å². The molecule has 3 heteroatoms. The van der Waals surface area contributed by atoms with Crippen molar-refractivity contribution in [2.75, 3.05) is 18.5 Å². The van der Waals surface area contributed by atoms with Crippen molar-refractivity contribution in [1.82, 2.24) is 0 Å². The number of nitrogens with zero attached hydrogens (tertiary/aromatic N) is 1. The van der Waals surface area contributed by atoms with Crippen molar-refractivity contribution in [3.05, 3.63) is 29.8 Å². The van der Waals surface area contributed by atoms with E-state index in [1.54, 1.807) is 0 Å². The van der Waals surface area contributed by atoms with E-state index in [9.17, 15) is 4.79 Å². The first-order valence-corrected chi connectivity index (χ1v) is 5.22. The molecule has 0 saturated heterocycles. The van der Waals surface area contributed by atoms with Crippen LogP contribution in [0.1, 0.15) is 18.9 Å². The number of carbonyl (C=O) groups is 1. The molecule has 1 rings (SSSR count). The minimum atomic E-state index is -0.257. The quantitative estimate of drug-likeness (QED) is 0.794. The zero-order valence-electron chi connectivity index (χ0n) is 9.36. The molecule has 0 unspecified atom stereocenters. The fraction of sp³-hybridized carbons (Fsp3) is 0.417. The van der Waals surface area contributed by atoms with E-state index in [1.165, 1.54) is 5.56 Å². The lowest BCUT2D eigenvalue weighted by Crippen LogP contribution is -2.24. The molecule has 2 N–H and O–H groups in total. The first-order chi connectivity index (χ1) is 7.13. The van der Waals surface area contributed by atoms with Crippen LogP contribution in [0.2, 0.25) is 0 Å². The highest BCUT2D eigenvalue weighted by molar-refractivity contribution is 5.74. The number of amides is 1. The van der Waals surface area contributed by atoms with Crippen LogP contribution in [0.4, 0.5) is 5.69 Å². The molecule has 0 bridgehead atoms. The molecular formula is C12H18N2O. The van der Waals surface area contributed by atoms with Gasteiger partial charge >= 0.3 is 0 Å². The maximum atomic E-state index is 10.6. The average Bonchev–Trinajstić information content (AvgIpc) is 2.26. The largest absolute Gasteiger partial charge is 0.374 e. The Hall–Kier alpha value is -1.51. The molecule has 15 heavy (non-hydrogen) atoms. The summed E-state index contributed by atoms with van der Waals surface area (Å²) in [6, 6.07) is 8.35. The Kier molecular flexibility index (Phi) is 4.16. The molecule has 0 radical (unpaired) electrons. The van der Waals surface area contributed by atoms with Gasteiger partial charge in [-0.15, -0.1) is 0 Å². The van der Waals surface area contributed by atoms with Crippen LogP contribution >= 0.6 is 0 Å². The normalized spacial score (nSPS) is 10.0. The van der Waals surface area contributed by atoms with Crippen LogP contribution in [0, 0.1) is 0 Å². The van der Waals surface area contributed by atoms with E-state index in [0.717, 1.165) is 12.1 Å². The highest BCUT2D eigenvalue weighted by Crippen LogP contribution is 2.14. The van der Waals surface area contributed by atoms with Crippen LogP contribution in [-0.2, 0) is 11.2 Å². The minimum absolute atomic E-state index is 0.257. The Balaban J connectivity index is 2.57. The Morgan fingerprint density at radius 1 is 1.33 bits per heavy atom. The first-order valence-electron chi connectivity index (χ1n) is 5.22. The average molecular weight is 206 g/mol. The van der Waals surface area contributed by atoms with Crippen LogP contribution in [-0.4, -0.2) is 19.5 Å². The fourth-order valence-electron chi connectivity index (χ4n) is 1.39. The molecule has 0 fully saturated rings. The lowest BCUT2D eigenvalue weighted by Gasteiger charge is -2.18. The molecule has 0 aliphatic rings. The molecule has 0 aliphatic carbocycles. The van der Waals surface area contributed by atoms with Gasteiger partial charge in [0, 0.05) is 25.7 Å². The van der Waals surface area contributed by atoms with Crippen molar-refractivity contribution in [3.8, 4) is 0 Å². The maximum absolute atomic E-state index is 10.6. The number of rotatable bonds is 5. The number of aryl methyl sites for hydroxylation is 1. The molecule has 3 nitrogen and oxygen atoms in total. The first kappa shape index (κ1) is 11.6. The number of primary amides is 1.